The van der Waals surface area contributed by atoms with Gasteiger partial charge in [-0.3, -0.25) is 13.4 Å². The number of carboxylic acids is 2. The van der Waals surface area contributed by atoms with E-state index in [1.807, 2.05) is 37.3 Å². The van der Waals surface area contributed by atoms with Crippen molar-refractivity contribution in [2.75, 3.05) is 0 Å². The Labute approximate surface area is 238 Å². The molecule has 0 fully saturated rings. The van der Waals surface area contributed by atoms with Crippen molar-refractivity contribution in [3.63, 3.8) is 0 Å². The molecule has 0 saturated heterocycles. The zero-order valence-electron chi connectivity index (χ0n) is 18.5. The average molecular weight is 607 g/mol. The summed E-state index contributed by atoms with van der Waals surface area (Å²) in [7, 11) is -9.39. The van der Waals surface area contributed by atoms with E-state index in [9.17, 15) is 19.8 Å². The minimum absolute atomic E-state index is 0. The third kappa shape index (κ3) is 22.2. The van der Waals surface area contributed by atoms with Gasteiger partial charge in [-0.15, -0.1) is 0 Å². The predicted molar refractivity (Wildman–Crippen MR) is 141 cm³/mol. The molecule has 2 aromatic rings. The number of carboxylic acid groups (broad SMARTS) is 2. The monoisotopic (exact) mass is 606 g/mol. The smallest absolute Gasteiger partial charge is 0.511 e. The molecule has 0 radical (unpaired) electrons. The van der Waals surface area contributed by atoms with Crippen LogP contribution in [0.15, 0.2) is 42.5 Å². The molecule has 2 aromatic carbocycles. The van der Waals surface area contributed by atoms with Gasteiger partial charge < -0.3 is 39.0 Å². The topological polar surface area (TPSA) is 247 Å². The second-order valence-corrected chi connectivity index (χ2v) is 8.05. The molecule has 0 saturated carbocycles. The largest absolute Gasteiger partial charge is 0.761 e. The number of hydrogen-bond acceptors (Lipinski definition) is 5. The second kappa shape index (κ2) is 23.7. The van der Waals surface area contributed by atoms with E-state index in [1.165, 1.54) is 6.07 Å². The number of rotatable bonds is 7. The Morgan fingerprint density at radius 3 is 1.51 bits per heavy atom. The Bertz CT molecular complexity index is 968. The van der Waals surface area contributed by atoms with Crippen LogP contribution in [-0.4, -0.2) is 113 Å². The number of unbranched alkanes of at least 4 members (excludes halogenated alkanes) is 1. The molecular weight excluding hydrogens is 574 g/mol. The molecule has 0 aliphatic heterocycles. The Kier molecular flexibility index (Phi) is 26.5. The number of benzene rings is 2. The fourth-order valence-corrected chi connectivity index (χ4v) is 2.73. The highest BCUT2D eigenvalue weighted by Gasteiger charge is 2.22. The van der Waals surface area contributed by atoms with Crippen LogP contribution in [-0.2, 0) is 26.2 Å². The molecule has 0 atom stereocenters. The van der Waals surface area contributed by atoms with Crippen molar-refractivity contribution in [2.24, 2.45) is 0 Å². The lowest BCUT2D eigenvalue weighted by atomic mass is 9.89. The molecule has 8 N–H and O–H groups in total. The molecule has 37 heavy (non-hydrogen) atoms. The molecule has 13 nitrogen and oxygen atoms in total. The lowest BCUT2D eigenvalue weighted by Gasteiger charge is -2.15. The van der Waals surface area contributed by atoms with Gasteiger partial charge in [0.25, 0.3) is 0 Å². The van der Waals surface area contributed by atoms with E-state index < -0.39 is 39.4 Å². The van der Waals surface area contributed by atoms with Crippen LogP contribution in [0.1, 0.15) is 57.2 Å². The third-order valence-corrected chi connectivity index (χ3v) is 3.87. The first-order valence-corrected chi connectivity index (χ1v) is 13.6. The normalized spacial score (nSPS) is 8.46. The SMILES string of the molecule is CCCCc1c(Cc2ccccc2)ccc(C(=O)O)c1C(=O)O.O=[Si](O)O.O=[Si](O)O.O=[Si](O)O.[AlH3].[AlH3]. The van der Waals surface area contributed by atoms with Gasteiger partial charge in [0.05, 0.1) is 11.1 Å². The summed E-state index contributed by atoms with van der Waals surface area (Å²) in [5.74, 6) is -2.38. The van der Waals surface area contributed by atoms with Gasteiger partial charge in [0.15, 0.2) is 34.7 Å². The van der Waals surface area contributed by atoms with Crippen LogP contribution in [0.5, 0.6) is 0 Å². The van der Waals surface area contributed by atoms with Crippen LogP contribution in [0.4, 0.5) is 0 Å². The van der Waals surface area contributed by atoms with Crippen LogP contribution in [0, 0.1) is 0 Å². The summed E-state index contributed by atoms with van der Waals surface area (Å²) in [6.45, 7) is 2.03. The lowest BCUT2D eigenvalue weighted by Crippen LogP contribution is -2.14. The molecule has 2 rings (SSSR count). The molecule has 0 aliphatic rings. The van der Waals surface area contributed by atoms with E-state index in [1.54, 1.807) is 6.07 Å². The van der Waals surface area contributed by atoms with Crippen molar-refractivity contribution in [2.45, 2.75) is 32.6 Å². The average Bonchev–Trinajstić information content (AvgIpc) is 2.71. The summed E-state index contributed by atoms with van der Waals surface area (Å²) in [5, 5.41) is 18.8. The van der Waals surface area contributed by atoms with Gasteiger partial charge >= 0.3 is 39.4 Å². The summed E-state index contributed by atoms with van der Waals surface area (Å²) in [5.41, 5.74) is 2.39. The summed E-state index contributed by atoms with van der Waals surface area (Å²) < 4.78 is 26.2. The van der Waals surface area contributed by atoms with Gasteiger partial charge in [0.2, 0.25) is 0 Å². The van der Waals surface area contributed by atoms with E-state index >= 15 is 0 Å². The van der Waals surface area contributed by atoms with E-state index in [4.69, 9.17) is 42.2 Å². The maximum absolute atomic E-state index is 11.7. The van der Waals surface area contributed by atoms with Crippen LogP contribution in [0.25, 0.3) is 0 Å². The zero-order valence-corrected chi connectivity index (χ0v) is 21.5. The number of hydrogen-bond donors (Lipinski definition) is 8. The quantitative estimate of drug-likeness (QED) is 0.145. The standard InChI is InChI=1S/C19H20O4.2Al.3H2O3Si.6H/c1-2-3-9-15-14(12-13-7-5-4-6-8-13)10-11-16(18(20)21)17(15)19(22)23;;;3*1-4(2)3;;;;;;/h4-8,10-11H,2-3,9,12H2,1H3,(H,20,21)(H,22,23);;;3*1-2H;;;;;;. The Morgan fingerprint density at radius 2 is 1.16 bits per heavy atom. The molecule has 0 amide bonds. The van der Waals surface area contributed by atoms with Gasteiger partial charge in [-0.25, -0.2) is 9.59 Å². The molecule has 0 aromatic heterocycles. The maximum Gasteiger partial charge on any atom is 0.761 e. The summed E-state index contributed by atoms with van der Waals surface area (Å²) in [4.78, 5) is 66.0. The Balaban J connectivity index is -0.000000328. The first-order chi connectivity index (χ1) is 16.2. The molecule has 18 heteroatoms. The molecule has 0 spiro atoms. The minimum Gasteiger partial charge on any atom is -0.511 e. The van der Waals surface area contributed by atoms with Crippen molar-refractivity contribution in [1.29, 1.82) is 0 Å². The van der Waals surface area contributed by atoms with Gasteiger partial charge in [0, 0.05) is 0 Å². The van der Waals surface area contributed by atoms with Gasteiger partial charge in [0.1, 0.15) is 0 Å². The first kappa shape index (κ1) is 41.4. The van der Waals surface area contributed by atoms with Crippen LogP contribution >= 0.6 is 0 Å². The van der Waals surface area contributed by atoms with Crippen LogP contribution in [0.2, 0.25) is 0 Å². The van der Waals surface area contributed by atoms with E-state index in [2.05, 4.69) is 0 Å². The second-order valence-electron chi connectivity index (χ2n) is 6.35. The van der Waals surface area contributed by atoms with Crippen LogP contribution < -0.4 is 0 Å². The Morgan fingerprint density at radius 1 is 0.730 bits per heavy atom. The fourth-order valence-electron chi connectivity index (χ4n) is 2.73. The third-order valence-electron chi connectivity index (χ3n) is 3.87. The predicted octanol–water partition coefficient (Wildman–Crippen LogP) is -3.19. The van der Waals surface area contributed by atoms with Crippen LogP contribution in [0.3, 0.4) is 0 Å². The minimum atomic E-state index is -3.13. The van der Waals surface area contributed by atoms with Crippen molar-refractivity contribution < 1.29 is 62.0 Å². The summed E-state index contributed by atoms with van der Waals surface area (Å²) in [6.07, 6.45) is 2.91. The molecule has 0 bridgehead atoms. The van der Waals surface area contributed by atoms with Crippen molar-refractivity contribution in [3.8, 4) is 0 Å². The highest BCUT2D eigenvalue weighted by atomic mass is 28.3. The summed E-state index contributed by atoms with van der Waals surface area (Å²) >= 11 is 0. The number of carbonyl (C=O) groups is 2. The van der Waals surface area contributed by atoms with Crippen molar-refractivity contribution in [1.82, 2.24) is 0 Å². The molecule has 204 valence electrons. The van der Waals surface area contributed by atoms with Crippen molar-refractivity contribution >= 4 is 74.2 Å². The number of aromatic carboxylic acids is 2. The van der Waals surface area contributed by atoms with Gasteiger partial charge in [-0.1, -0.05) is 49.7 Å². The molecule has 0 aliphatic carbocycles. The highest BCUT2D eigenvalue weighted by molar-refractivity contribution is 6.22. The van der Waals surface area contributed by atoms with E-state index in [0.717, 1.165) is 24.0 Å². The van der Waals surface area contributed by atoms with Gasteiger partial charge in [-0.2, -0.15) is 0 Å². The lowest BCUT2D eigenvalue weighted by molar-refractivity contribution is 0.0650. The van der Waals surface area contributed by atoms with Crippen molar-refractivity contribution in [3.05, 3.63) is 70.3 Å². The van der Waals surface area contributed by atoms with E-state index in [-0.39, 0.29) is 45.8 Å². The Hall–Kier alpha value is -2.70. The van der Waals surface area contributed by atoms with E-state index in [0.29, 0.717) is 18.4 Å². The molecular formula is C19H32Al2O13Si3. The molecule has 0 heterocycles. The zero-order chi connectivity index (χ0) is 27.6. The fraction of sp³-hybridized carbons (Fsp3) is 0.263. The molecule has 0 unspecified atom stereocenters. The highest BCUT2D eigenvalue weighted by Crippen LogP contribution is 2.24. The summed E-state index contributed by atoms with van der Waals surface area (Å²) in [6, 6.07) is 12.9. The van der Waals surface area contributed by atoms with Gasteiger partial charge in [-0.05, 0) is 42.0 Å². The first-order valence-electron chi connectivity index (χ1n) is 9.65. The maximum atomic E-state index is 11.7.